The molecule has 0 radical (unpaired) electrons. The number of imide groups is 1. The Hall–Kier alpha value is -4.43. The first-order valence-corrected chi connectivity index (χ1v) is 13.2. The van der Waals surface area contributed by atoms with Crippen LogP contribution in [0, 0.1) is 0 Å². The minimum Gasteiger partial charge on any atom is -0.493 e. The predicted octanol–water partition coefficient (Wildman–Crippen LogP) is 6.55. The van der Waals surface area contributed by atoms with E-state index in [1.807, 2.05) is 42.5 Å². The fraction of sp³-hybridized carbons (Fsp3) is 0.161. The first-order valence-electron chi connectivity index (χ1n) is 12.4. The van der Waals surface area contributed by atoms with Gasteiger partial charge in [-0.1, -0.05) is 60.7 Å². The molecule has 1 aliphatic rings. The van der Waals surface area contributed by atoms with E-state index in [0.29, 0.717) is 34.5 Å². The SMILES string of the molecule is COc1ccccc1OCCN1C(=O)S/C(=C\c2ccc(OCc3cccc4ccccc34)c(OC)c2)C1=O. The second-order valence-electron chi connectivity index (χ2n) is 8.67. The molecule has 0 bridgehead atoms. The highest BCUT2D eigenvalue weighted by Crippen LogP contribution is 2.35. The second-order valence-corrected chi connectivity index (χ2v) is 9.66. The molecule has 1 aliphatic heterocycles. The fourth-order valence-corrected chi connectivity index (χ4v) is 5.16. The molecular weight excluding hydrogens is 514 g/mol. The van der Waals surface area contributed by atoms with Gasteiger partial charge in [-0.15, -0.1) is 0 Å². The Morgan fingerprint density at radius 3 is 2.31 bits per heavy atom. The molecule has 0 spiro atoms. The predicted molar refractivity (Wildman–Crippen MR) is 152 cm³/mol. The number of ether oxygens (including phenoxy) is 4. The number of para-hydroxylation sites is 2. The maximum absolute atomic E-state index is 13.0. The summed E-state index contributed by atoms with van der Waals surface area (Å²) in [5.41, 5.74) is 1.79. The van der Waals surface area contributed by atoms with Crippen LogP contribution >= 0.6 is 11.8 Å². The molecule has 5 rings (SSSR count). The van der Waals surface area contributed by atoms with Crippen LogP contribution in [0.2, 0.25) is 0 Å². The second kappa shape index (κ2) is 12.0. The van der Waals surface area contributed by atoms with E-state index in [1.165, 1.54) is 4.90 Å². The molecule has 198 valence electrons. The molecule has 4 aromatic carbocycles. The molecule has 0 aliphatic carbocycles. The van der Waals surface area contributed by atoms with Crippen LogP contribution in [0.15, 0.2) is 89.8 Å². The molecule has 4 aromatic rings. The first kappa shape index (κ1) is 26.2. The number of benzene rings is 4. The third-order valence-corrected chi connectivity index (χ3v) is 7.17. The van der Waals surface area contributed by atoms with Crippen molar-refractivity contribution >= 4 is 39.8 Å². The maximum Gasteiger partial charge on any atom is 0.293 e. The summed E-state index contributed by atoms with van der Waals surface area (Å²) in [5, 5.41) is 1.96. The van der Waals surface area contributed by atoms with Gasteiger partial charge < -0.3 is 18.9 Å². The molecule has 2 amide bonds. The van der Waals surface area contributed by atoms with Crippen LogP contribution in [0.4, 0.5) is 4.79 Å². The number of hydrogen-bond acceptors (Lipinski definition) is 7. The van der Waals surface area contributed by atoms with Crippen LogP contribution in [-0.4, -0.2) is 43.4 Å². The van der Waals surface area contributed by atoms with E-state index in [4.69, 9.17) is 18.9 Å². The smallest absolute Gasteiger partial charge is 0.293 e. The number of carbonyl (C=O) groups is 2. The fourth-order valence-electron chi connectivity index (χ4n) is 4.30. The Labute approximate surface area is 230 Å². The van der Waals surface area contributed by atoms with Crippen LogP contribution in [0.3, 0.4) is 0 Å². The van der Waals surface area contributed by atoms with Crippen LogP contribution in [0.25, 0.3) is 16.8 Å². The zero-order valence-electron chi connectivity index (χ0n) is 21.6. The number of hydrogen-bond donors (Lipinski definition) is 0. The number of fused-ring (bicyclic) bond motifs is 1. The highest BCUT2D eigenvalue weighted by atomic mass is 32.2. The topological polar surface area (TPSA) is 74.3 Å². The Kier molecular flexibility index (Phi) is 8.03. The lowest BCUT2D eigenvalue weighted by molar-refractivity contribution is -0.123. The number of nitrogens with zero attached hydrogens (tertiary/aromatic N) is 1. The van der Waals surface area contributed by atoms with Crippen molar-refractivity contribution in [1.29, 1.82) is 0 Å². The van der Waals surface area contributed by atoms with Crippen molar-refractivity contribution in [3.63, 3.8) is 0 Å². The van der Waals surface area contributed by atoms with E-state index in [2.05, 4.69) is 18.2 Å². The summed E-state index contributed by atoms with van der Waals surface area (Å²) in [5.74, 6) is 1.91. The maximum atomic E-state index is 13.0. The van der Waals surface area contributed by atoms with E-state index in [0.717, 1.165) is 33.7 Å². The van der Waals surface area contributed by atoms with Crippen molar-refractivity contribution in [3.8, 4) is 23.0 Å². The van der Waals surface area contributed by atoms with Gasteiger partial charge in [-0.2, -0.15) is 0 Å². The Balaban J connectivity index is 1.24. The van der Waals surface area contributed by atoms with E-state index in [-0.39, 0.29) is 24.3 Å². The van der Waals surface area contributed by atoms with E-state index in [9.17, 15) is 9.59 Å². The average Bonchev–Trinajstić information content (AvgIpc) is 3.23. The summed E-state index contributed by atoms with van der Waals surface area (Å²) in [6.45, 7) is 0.666. The Morgan fingerprint density at radius 2 is 1.49 bits per heavy atom. The number of rotatable bonds is 10. The molecule has 39 heavy (non-hydrogen) atoms. The number of thioether (sulfide) groups is 1. The Morgan fingerprint density at radius 1 is 0.769 bits per heavy atom. The van der Waals surface area contributed by atoms with Gasteiger partial charge in [0.2, 0.25) is 0 Å². The van der Waals surface area contributed by atoms with Crippen LogP contribution in [0.1, 0.15) is 11.1 Å². The molecule has 7 nitrogen and oxygen atoms in total. The monoisotopic (exact) mass is 541 g/mol. The van der Waals surface area contributed by atoms with Gasteiger partial charge in [-0.25, -0.2) is 0 Å². The highest BCUT2D eigenvalue weighted by molar-refractivity contribution is 8.18. The van der Waals surface area contributed by atoms with E-state index < -0.39 is 0 Å². The third kappa shape index (κ3) is 5.86. The number of carbonyl (C=O) groups excluding carboxylic acids is 2. The lowest BCUT2D eigenvalue weighted by Crippen LogP contribution is -2.32. The zero-order chi connectivity index (χ0) is 27.2. The molecule has 1 saturated heterocycles. The standard InChI is InChI=1S/C31H27NO6S/c1-35-25-12-5-6-13-26(25)37-17-16-32-30(33)29(39-31(32)34)19-21-14-15-27(28(18-21)36-2)38-20-23-10-7-9-22-8-3-4-11-24(22)23/h3-15,18-19H,16-17,20H2,1-2H3/b29-19-. The lowest BCUT2D eigenvalue weighted by atomic mass is 10.1. The Bertz CT molecular complexity index is 1540. The highest BCUT2D eigenvalue weighted by Gasteiger charge is 2.34. The number of amides is 2. The largest absolute Gasteiger partial charge is 0.493 e. The lowest BCUT2D eigenvalue weighted by Gasteiger charge is -2.14. The molecule has 1 heterocycles. The quantitative estimate of drug-likeness (QED) is 0.211. The van der Waals surface area contributed by atoms with E-state index >= 15 is 0 Å². The molecule has 8 heteroatoms. The summed E-state index contributed by atoms with van der Waals surface area (Å²) in [7, 11) is 3.13. The molecule has 0 unspecified atom stereocenters. The van der Waals surface area contributed by atoms with Crippen molar-refractivity contribution in [1.82, 2.24) is 4.90 Å². The molecule has 0 saturated carbocycles. The van der Waals surface area contributed by atoms with Gasteiger partial charge in [0.25, 0.3) is 11.1 Å². The summed E-state index contributed by atoms with van der Waals surface area (Å²) in [6.07, 6.45) is 1.68. The average molecular weight is 542 g/mol. The molecular formula is C31H27NO6S. The van der Waals surface area contributed by atoms with Crippen LogP contribution in [-0.2, 0) is 11.4 Å². The van der Waals surface area contributed by atoms with E-state index in [1.54, 1.807) is 44.6 Å². The van der Waals surface area contributed by atoms with Crippen LogP contribution in [0.5, 0.6) is 23.0 Å². The third-order valence-electron chi connectivity index (χ3n) is 6.26. The number of methoxy groups -OCH3 is 2. The van der Waals surface area contributed by atoms with Gasteiger partial charge in [0.1, 0.15) is 13.2 Å². The van der Waals surface area contributed by atoms with Crippen molar-refractivity contribution in [3.05, 3.63) is 101 Å². The van der Waals surface area contributed by atoms with Crippen molar-refractivity contribution in [2.45, 2.75) is 6.61 Å². The normalized spacial score (nSPS) is 14.2. The zero-order valence-corrected chi connectivity index (χ0v) is 22.4. The van der Waals surface area contributed by atoms with Gasteiger partial charge in [0, 0.05) is 0 Å². The van der Waals surface area contributed by atoms with Gasteiger partial charge >= 0.3 is 0 Å². The van der Waals surface area contributed by atoms with Gasteiger partial charge in [0.05, 0.1) is 25.7 Å². The molecule has 0 atom stereocenters. The molecule has 1 fully saturated rings. The van der Waals surface area contributed by atoms with Crippen molar-refractivity contribution < 1.29 is 28.5 Å². The minimum atomic E-state index is -0.358. The molecule has 0 N–H and O–H groups in total. The summed E-state index contributed by atoms with van der Waals surface area (Å²) in [6, 6.07) is 27.0. The minimum absolute atomic E-state index is 0.129. The van der Waals surface area contributed by atoms with Crippen molar-refractivity contribution in [2.24, 2.45) is 0 Å². The summed E-state index contributed by atoms with van der Waals surface area (Å²) >= 11 is 0.903. The summed E-state index contributed by atoms with van der Waals surface area (Å²) < 4.78 is 22.7. The first-order chi connectivity index (χ1) is 19.1. The van der Waals surface area contributed by atoms with Gasteiger partial charge in [0.15, 0.2) is 23.0 Å². The van der Waals surface area contributed by atoms with Crippen molar-refractivity contribution in [2.75, 3.05) is 27.4 Å². The van der Waals surface area contributed by atoms with Gasteiger partial charge in [-0.05, 0) is 64.0 Å². The van der Waals surface area contributed by atoms with Gasteiger partial charge in [-0.3, -0.25) is 14.5 Å². The molecule has 0 aromatic heterocycles. The summed E-state index contributed by atoms with van der Waals surface area (Å²) in [4.78, 5) is 27.0. The van der Waals surface area contributed by atoms with Crippen LogP contribution < -0.4 is 18.9 Å².